The number of carbonyl (C=O) groups excluding carboxylic acids is 1. The molecule has 0 radical (unpaired) electrons. The summed E-state index contributed by atoms with van der Waals surface area (Å²) in [5, 5.41) is 2.38. The van der Waals surface area contributed by atoms with Crippen LogP contribution >= 0.6 is 38.9 Å². The molecule has 0 N–H and O–H groups in total. The molecule has 0 spiro atoms. The van der Waals surface area contributed by atoms with E-state index < -0.39 is 0 Å². The van der Waals surface area contributed by atoms with E-state index in [4.69, 9.17) is 16.3 Å². The first-order valence-electron chi connectivity index (χ1n) is 7.80. The number of hydrogen-bond donors (Lipinski definition) is 0. The lowest BCUT2D eigenvalue weighted by molar-refractivity contribution is 0.104. The molecule has 2 aromatic carbocycles. The quantitative estimate of drug-likeness (QED) is 0.410. The number of ether oxygens (including phenoxy) is 1. The maximum atomic E-state index is 13.0. The molecule has 2 nitrogen and oxygen atoms in total. The molecule has 0 bridgehead atoms. The third kappa shape index (κ3) is 4.14. The third-order valence-corrected chi connectivity index (χ3v) is 5.24. The normalized spacial score (nSPS) is 10.9. The Balaban J connectivity index is 2.04. The van der Waals surface area contributed by atoms with Gasteiger partial charge in [-0.3, -0.25) is 4.79 Å². The molecule has 0 saturated heterocycles. The monoisotopic (exact) mass is 434 g/mol. The van der Waals surface area contributed by atoms with Crippen molar-refractivity contribution in [2.75, 3.05) is 0 Å². The van der Waals surface area contributed by atoms with Gasteiger partial charge in [0.1, 0.15) is 5.75 Å². The van der Waals surface area contributed by atoms with Crippen LogP contribution in [-0.4, -0.2) is 11.9 Å². The van der Waals surface area contributed by atoms with Crippen LogP contribution in [0.2, 0.25) is 5.02 Å². The average Bonchev–Trinajstić information content (AvgIpc) is 3.03. The highest BCUT2D eigenvalue weighted by atomic mass is 79.9. The Bertz CT molecular complexity index is 918. The smallest absolute Gasteiger partial charge is 0.205 e. The lowest BCUT2D eigenvalue weighted by atomic mass is 10.0. The van der Waals surface area contributed by atoms with E-state index in [9.17, 15) is 4.79 Å². The zero-order valence-electron chi connectivity index (χ0n) is 13.8. The Morgan fingerprint density at radius 3 is 2.64 bits per heavy atom. The highest BCUT2D eigenvalue weighted by Crippen LogP contribution is 2.35. The molecular formula is C20H16BrClO2S. The number of carbonyl (C=O) groups is 1. The van der Waals surface area contributed by atoms with Crippen LogP contribution in [-0.2, 0) is 0 Å². The number of rotatable bonds is 5. The number of benzene rings is 2. The SMILES string of the molecule is CC(C)Oc1cc(Br)cc(-c2ccsc2C(=O)c2ccccc2Cl)c1. The van der Waals surface area contributed by atoms with E-state index in [1.807, 2.05) is 55.6 Å². The fourth-order valence-electron chi connectivity index (χ4n) is 2.54. The van der Waals surface area contributed by atoms with E-state index in [0.717, 1.165) is 21.3 Å². The van der Waals surface area contributed by atoms with Crippen LogP contribution in [0.5, 0.6) is 5.75 Å². The van der Waals surface area contributed by atoms with E-state index >= 15 is 0 Å². The average molecular weight is 436 g/mol. The van der Waals surface area contributed by atoms with Gasteiger partial charge in [0.2, 0.25) is 5.78 Å². The molecule has 0 amide bonds. The Morgan fingerprint density at radius 2 is 1.92 bits per heavy atom. The maximum Gasteiger partial charge on any atom is 0.205 e. The first-order chi connectivity index (χ1) is 12.0. The van der Waals surface area contributed by atoms with Gasteiger partial charge in [0.05, 0.1) is 16.0 Å². The molecule has 1 heterocycles. The van der Waals surface area contributed by atoms with Gasteiger partial charge in [0.15, 0.2) is 0 Å². The van der Waals surface area contributed by atoms with Gasteiger partial charge in [0, 0.05) is 15.6 Å². The fraction of sp³-hybridized carbons (Fsp3) is 0.150. The van der Waals surface area contributed by atoms with Crippen molar-refractivity contribution in [2.45, 2.75) is 20.0 Å². The molecule has 3 rings (SSSR count). The maximum absolute atomic E-state index is 13.0. The van der Waals surface area contributed by atoms with Crippen molar-refractivity contribution >= 4 is 44.7 Å². The minimum Gasteiger partial charge on any atom is -0.491 e. The molecule has 0 aliphatic carbocycles. The number of halogens is 2. The van der Waals surface area contributed by atoms with E-state index in [1.165, 1.54) is 11.3 Å². The molecule has 128 valence electrons. The standard InChI is InChI=1S/C20H16BrClO2S/c1-12(2)24-15-10-13(9-14(21)11-15)16-7-8-25-20(16)19(23)17-5-3-4-6-18(17)22/h3-12H,1-2H3. The first-order valence-corrected chi connectivity index (χ1v) is 9.85. The van der Waals surface area contributed by atoms with Gasteiger partial charge >= 0.3 is 0 Å². The van der Waals surface area contributed by atoms with Crippen LogP contribution in [0.15, 0.2) is 58.4 Å². The summed E-state index contributed by atoms with van der Waals surface area (Å²) >= 11 is 11.1. The van der Waals surface area contributed by atoms with E-state index in [-0.39, 0.29) is 11.9 Å². The first kappa shape index (κ1) is 18.2. The number of thiophene rings is 1. The second kappa shape index (κ2) is 7.73. The van der Waals surface area contributed by atoms with Gasteiger partial charge < -0.3 is 4.74 Å². The lowest BCUT2D eigenvalue weighted by Gasteiger charge is -2.12. The molecule has 3 aromatic rings. The minimum atomic E-state index is -0.0677. The second-order valence-corrected chi connectivity index (χ2v) is 8.05. The number of hydrogen-bond acceptors (Lipinski definition) is 3. The van der Waals surface area contributed by atoms with Crippen LogP contribution in [0.3, 0.4) is 0 Å². The molecule has 0 saturated carbocycles. The van der Waals surface area contributed by atoms with E-state index in [2.05, 4.69) is 15.9 Å². The van der Waals surface area contributed by atoms with Crippen LogP contribution in [0, 0.1) is 0 Å². The summed E-state index contributed by atoms with van der Waals surface area (Å²) in [6.45, 7) is 3.97. The minimum absolute atomic E-state index is 0.0677. The van der Waals surface area contributed by atoms with Gasteiger partial charge in [-0.05, 0) is 61.2 Å². The molecule has 5 heteroatoms. The van der Waals surface area contributed by atoms with Crippen molar-refractivity contribution in [1.29, 1.82) is 0 Å². The lowest BCUT2D eigenvalue weighted by Crippen LogP contribution is -2.05. The molecule has 0 unspecified atom stereocenters. The van der Waals surface area contributed by atoms with E-state index in [0.29, 0.717) is 15.5 Å². The zero-order valence-corrected chi connectivity index (χ0v) is 16.9. The van der Waals surface area contributed by atoms with Crippen molar-refractivity contribution in [3.8, 4) is 16.9 Å². The van der Waals surface area contributed by atoms with Crippen LogP contribution in [0.1, 0.15) is 29.1 Å². The predicted molar refractivity (Wildman–Crippen MR) is 108 cm³/mol. The summed E-state index contributed by atoms with van der Waals surface area (Å²) in [4.78, 5) is 13.6. The molecule has 1 aromatic heterocycles. The highest BCUT2D eigenvalue weighted by molar-refractivity contribution is 9.10. The Morgan fingerprint density at radius 1 is 1.16 bits per heavy atom. The Kier molecular flexibility index (Phi) is 5.62. The number of ketones is 1. The largest absolute Gasteiger partial charge is 0.491 e. The molecule has 0 aliphatic heterocycles. The summed E-state index contributed by atoms with van der Waals surface area (Å²) in [7, 11) is 0. The zero-order chi connectivity index (χ0) is 18.0. The van der Waals surface area contributed by atoms with Gasteiger partial charge in [-0.2, -0.15) is 0 Å². The van der Waals surface area contributed by atoms with Gasteiger partial charge in [-0.15, -0.1) is 11.3 Å². The summed E-state index contributed by atoms with van der Waals surface area (Å²) in [5.74, 6) is 0.698. The molecule has 25 heavy (non-hydrogen) atoms. The van der Waals surface area contributed by atoms with Crippen molar-refractivity contribution < 1.29 is 9.53 Å². The summed E-state index contributed by atoms with van der Waals surface area (Å²) in [5.41, 5.74) is 2.33. The van der Waals surface area contributed by atoms with Crippen LogP contribution in [0.25, 0.3) is 11.1 Å². The van der Waals surface area contributed by atoms with Crippen molar-refractivity contribution in [1.82, 2.24) is 0 Å². The highest BCUT2D eigenvalue weighted by Gasteiger charge is 2.19. The van der Waals surface area contributed by atoms with Crippen molar-refractivity contribution in [3.63, 3.8) is 0 Å². The third-order valence-electron chi connectivity index (χ3n) is 3.54. The van der Waals surface area contributed by atoms with Crippen molar-refractivity contribution in [2.24, 2.45) is 0 Å². The topological polar surface area (TPSA) is 26.3 Å². The Labute approximate surface area is 164 Å². The van der Waals surface area contributed by atoms with Crippen LogP contribution < -0.4 is 4.74 Å². The van der Waals surface area contributed by atoms with E-state index in [1.54, 1.807) is 12.1 Å². The molecule has 0 atom stereocenters. The predicted octanol–water partition coefficient (Wildman–Crippen LogP) is 6.85. The van der Waals surface area contributed by atoms with Gasteiger partial charge in [-0.1, -0.05) is 39.7 Å². The molecular weight excluding hydrogens is 420 g/mol. The molecule has 0 aliphatic rings. The summed E-state index contributed by atoms with van der Waals surface area (Å²) < 4.78 is 6.71. The van der Waals surface area contributed by atoms with Crippen LogP contribution in [0.4, 0.5) is 0 Å². The fourth-order valence-corrected chi connectivity index (χ4v) is 4.10. The summed E-state index contributed by atoms with van der Waals surface area (Å²) in [6.07, 6.45) is 0.0776. The molecule has 0 fully saturated rings. The summed E-state index contributed by atoms with van der Waals surface area (Å²) in [6, 6.07) is 14.9. The van der Waals surface area contributed by atoms with Gasteiger partial charge in [-0.25, -0.2) is 0 Å². The van der Waals surface area contributed by atoms with Crippen molar-refractivity contribution in [3.05, 3.63) is 73.8 Å². The Hall–Kier alpha value is -1.62. The van der Waals surface area contributed by atoms with Gasteiger partial charge in [0.25, 0.3) is 0 Å². The second-order valence-electron chi connectivity index (χ2n) is 5.81.